The normalized spacial score (nSPS) is 15.2. The number of aliphatic imine (C=N–C) groups is 1. The first-order valence-electron chi connectivity index (χ1n) is 8.91. The van der Waals surface area contributed by atoms with E-state index < -0.39 is 11.6 Å². The van der Waals surface area contributed by atoms with Gasteiger partial charge in [-0.1, -0.05) is 25.1 Å². The molecule has 1 N–H and O–H groups in total. The minimum absolute atomic E-state index is 0.207. The molecule has 5 nitrogen and oxygen atoms in total. The van der Waals surface area contributed by atoms with Crippen molar-refractivity contribution in [3.63, 3.8) is 0 Å². The van der Waals surface area contributed by atoms with Crippen LogP contribution in [0.4, 0.5) is 4.39 Å². The molecule has 1 aliphatic heterocycles. The number of hydrogen-bond acceptors (Lipinski definition) is 4. The van der Waals surface area contributed by atoms with Gasteiger partial charge in [-0.05, 0) is 76.6 Å². The Balaban J connectivity index is 1.93. The lowest BCUT2D eigenvalue weighted by Gasteiger charge is -2.14. The maximum atomic E-state index is 13.8. The fourth-order valence-electron chi connectivity index (χ4n) is 2.80. The van der Waals surface area contributed by atoms with Crippen LogP contribution in [-0.2, 0) is 4.79 Å². The van der Waals surface area contributed by atoms with Gasteiger partial charge in [0.1, 0.15) is 11.5 Å². The molecule has 0 aliphatic carbocycles. The molecule has 0 atom stereocenters. The summed E-state index contributed by atoms with van der Waals surface area (Å²) in [4.78, 5) is 18.8. The van der Waals surface area contributed by atoms with E-state index in [1.807, 2.05) is 47.7 Å². The van der Waals surface area contributed by atoms with Crippen molar-refractivity contribution < 1.29 is 14.3 Å². The maximum Gasteiger partial charge on any atom is 0.278 e. The lowest BCUT2D eigenvalue weighted by atomic mass is 10.1. The molecule has 29 heavy (non-hydrogen) atoms. The van der Waals surface area contributed by atoms with Gasteiger partial charge < -0.3 is 5.11 Å². The molecule has 0 saturated heterocycles. The SMILES string of the molecule is CCCN1C(=O)/C(=C/c2cc(F)c(O)c(I)c2)N=C1/C=C/c1ccc(C#N)cc1. The minimum atomic E-state index is -0.746. The van der Waals surface area contributed by atoms with E-state index in [9.17, 15) is 14.3 Å². The Morgan fingerprint density at radius 1 is 1.24 bits per heavy atom. The average Bonchev–Trinajstić information content (AvgIpc) is 3.00. The number of hydrogen-bond donors (Lipinski definition) is 1. The van der Waals surface area contributed by atoms with E-state index in [1.165, 1.54) is 12.1 Å². The lowest BCUT2D eigenvalue weighted by Crippen LogP contribution is -2.31. The van der Waals surface area contributed by atoms with Crippen molar-refractivity contribution in [1.82, 2.24) is 4.90 Å². The largest absolute Gasteiger partial charge is 0.504 e. The van der Waals surface area contributed by atoms with Crippen molar-refractivity contribution in [3.8, 4) is 11.8 Å². The summed E-state index contributed by atoms with van der Waals surface area (Å²) in [5, 5.41) is 18.5. The van der Waals surface area contributed by atoms with Crippen LogP contribution in [0.5, 0.6) is 5.75 Å². The molecular formula is C22H17FIN3O2. The van der Waals surface area contributed by atoms with Crippen LogP contribution in [0.3, 0.4) is 0 Å². The molecule has 1 amide bonds. The van der Waals surface area contributed by atoms with Crippen LogP contribution in [0.15, 0.2) is 53.2 Å². The van der Waals surface area contributed by atoms with E-state index in [2.05, 4.69) is 11.1 Å². The van der Waals surface area contributed by atoms with Gasteiger partial charge in [-0.25, -0.2) is 9.38 Å². The van der Waals surface area contributed by atoms with Gasteiger partial charge in [0.15, 0.2) is 11.6 Å². The van der Waals surface area contributed by atoms with Gasteiger partial charge in [0.05, 0.1) is 15.2 Å². The molecule has 146 valence electrons. The first kappa shape index (κ1) is 20.7. The second-order valence-electron chi connectivity index (χ2n) is 6.36. The van der Waals surface area contributed by atoms with Crippen LogP contribution in [0.2, 0.25) is 0 Å². The van der Waals surface area contributed by atoms with Gasteiger partial charge in [-0.2, -0.15) is 5.26 Å². The second kappa shape index (κ2) is 9.01. The molecule has 0 saturated carbocycles. The number of phenols is 1. The summed E-state index contributed by atoms with van der Waals surface area (Å²) in [5.74, 6) is -0.909. The zero-order valence-electron chi connectivity index (χ0n) is 15.6. The molecule has 2 aromatic rings. The van der Waals surface area contributed by atoms with Gasteiger partial charge in [0.2, 0.25) is 0 Å². The van der Waals surface area contributed by atoms with Crippen LogP contribution in [-0.4, -0.2) is 28.3 Å². The summed E-state index contributed by atoms with van der Waals surface area (Å²) in [5.41, 5.74) is 2.11. The van der Waals surface area contributed by atoms with Gasteiger partial charge in [0.25, 0.3) is 5.91 Å². The number of amidine groups is 1. The Labute approximate surface area is 181 Å². The highest BCUT2D eigenvalue weighted by molar-refractivity contribution is 14.1. The molecule has 7 heteroatoms. The monoisotopic (exact) mass is 501 g/mol. The van der Waals surface area contributed by atoms with E-state index in [4.69, 9.17) is 5.26 Å². The van der Waals surface area contributed by atoms with E-state index in [-0.39, 0.29) is 11.6 Å². The van der Waals surface area contributed by atoms with E-state index in [0.717, 1.165) is 12.0 Å². The first-order chi connectivity index (χ1) is 13.9. The van der Waals surface area contributed by atoms with E-state index in [1.54, 1.807) is 29.2 Å². The minimum Gasteiger partial charge on any atom is -0.504 e. The van der Waals surface area contributed by atoms with Crippen molar-refractivity contribution >= 4 is 46.5 Å². The van der Waals surface area contributed by atoms with Crippen LogP contribution >= 0.6 is 22.6 Å². The van der Waals surface area contributed by atoms with Crippen molar-refractivity contribution in [2.75, 3.05) is 6.54 Å². The number of halogens is 2. The number of carbonyl (C=O) groups excluding carboxylic acids is 1. The zero-order chi connectivity index (χ0) is 21.0. The molecular weight excluding hydrogens is 484 g/mol. The predicted molar refractivity (Wildman–Crippen MR) is 118 cm³/mol. The zero-order valence-corrected chi connectivity index (χ0v) is 17.7. The smallest absolute Gasteiger partial charge is 0.278 e. The van der Waals surface area contributed by atoms with Crippen molar-refractivity contribution in [2.24, 2.45) is 4.99 Å². The molecule has 3 rings (SSSR count). The molecule has 2 aromatic carbocycles. The average molecular weight is 501 g/mol. The molecule has 0 aromatic heterocycles. The fraction of sp³-hybridized carbons (Fsp3) is 0.136. The molecule has 1 aliphatic rings. The Morgan fingerprint density at radius 2 is 1.97 bits per heavy atom. The number of amides is 1. The summed E-state index contributed by atoms with van der Waals surface area (Å²) in [6.07, 6.45) is 5.84. The maximum absolute atomic E-state index is 13.8. The highest BCUT2D eigenvalue weighted by atomic mass is 127. The topological polar surface area (TPSA) is 76.7 Å². The quantitative estimate of drug-likeness (QED) is 0.476. The van der Waals surface area contributed by atoms with Crippen LogP contribution in [0, 0.1) is 20.7 Å². The van der Waals surface area contributed by atoms with Crippen LogP contribution < -0.4 is 0 Å². The van der Waals surface area contributed by atoms with Crippen molar-refractivity contribution in [2.45, 2.75) is 13.3 Å². The summed E-state index contributed by atoms with van der Waals surface area (Å²) in [6.45, 7) is 2.48. The number of nitrogens with zero attached hydrogens (tertiary/aromatic N) is 3. The highest BCUT2D eigenvalue weighted by Crippen LogP contribution is 2.27. The van der Waals surface area contributed by atoms with Gasteiger partial charge in [0, 0.05) is 6.54 Å². The second-order valence-corrected chi connectivity index (χ2v) is 7.52. The Bertz CT molecular complexity index is 1060. The first-order valence-corrected chi connectivity index (χ1v) is 9.99. The molecule has 0 bridgehead atoms. The van der Waals surface area contributed by atoms with E-state index >= 15 is 0 Å². The third-order valence-electron chi connectivity index (χ3n) is 4.23. The van der Waals surface area contributed by atoms with Crippen molar-refractivity contribution in [3.05, 3.63) is 74.2 Å². The number of benzene rings is 2. The molecule has 1 heterocycles. The van der Waals surface area contributed by atoms with E-state index in [0.29, 0.717) is 27.1 Å². The predicted octanol–water partition coefficient (Wildman–Crippen LogP) is 4.71. The number of rotatable bonds is 5. The summed E-state index contributed by atoms with van der Waals surface area (Å²) in [7, 11) is 0. The Morgan fingerprint density at radius 3 is 2.59 bits per heavy atom. The Hall–Kier alpha value is -2.99. The van der Waals surface area contributed by atoms with Crippen molar-refractivity contribution in [1.29, 1.82) is 5.26 Å². The van der Waals surface area contributed by atoms with Gasteiger partial charge >= 0.3 is 0 Å². The summed E-state index contributed by atoms with van der Waals surface area (Å²) >= 11 is 1.83. The third kappa shape index (κ3) is 4.71. The fourth-order valence-corrected chi connectivity index (χ4v) is 3.42. The molecule has 0 radical (unpaired) electrons. The summed E-state index contributed by atoms with van der Waals surface area (Å²) < 4.78 is 14.2. The van der Waals surface area contributed by atoms with Crippen LogP contribution in [0.1, 0.15) is 30.0 Å². The van der Waals surface area contributed by atoms with Gasteiger partial charge in [-0.15, -0.1) is 0 Å². The van der Waals surface area contributed by atoms with Gasteiger partial charge in [-0.3, -0.25) is 9.69 Å². The lowest BCUT2D eigenvalue weighted by molar-refractivity contribution is -0.122. The number of aromatic hydroxyl groups is 1. The number of phenolic OH excluding ortho intramolecular Hbond substituents is 1. The standard InChI is InChI=1S/C22H17FIN3O2/c1-2-9-27-20(8-7-14-3-5-15(13-25)6-4-14)26-19(22(27)29)12-16-10-17(23)21(28)18(24)11-16/h3-8,10-12,28H,2,9H2,1H3/b8-7+,19-12-. The molecule has 0 unspecified atom stereocenters. The van der Waals surface area contributed by atoms with Crippen LogP contribution in [0.25, 0.3) is 12.2 Å². The number of carbonyl (C=O) groups is 1. The number of nitriles is 1. The molecule has 0 spiro atoms. The third-order valence-corrected chi connectivity index (χ3v) is 5.05. The highest BCUT2D eigenvalue weighted by Gasteiger charge is 2.28. The molecule has 0 fully saturated rings. The Kier molecular flexibility index (Phi) is 6.44. The summed E-state index contributed by atoms with van der Waals surface area (Å²) in [6, 6.07) is 11.9.